The molecule has 24 heavy (non-hydrogen) atoms. The lowest BCUT2D eigenvalue weighted by atomic mass is 10.1. The number of carbonyl (C=O) groups excluding carboxylic acids is 2. The van der Waals surface area contributed by atoms with E-state index >= 15 is 0 Å². The van der Waals surface area contributed by atoms with Gasteiger partial charge >= 0.3 is 0 Å². The van der Waals surface area contributed by atoms with E-state index in [1.165, 1.54) is 10.5 Å². The van der Waals surface area contributed by atoms with Crippen LogP contribution < -0.4 is 10.2 Å². The van der Waals surface area contributed by atoms with Gasteiger partial charge in [-0.1, -0.05) is 41.4 Å². The van der Waals surface area contributed by atoms with E-state index in [1.54, 1.807) is 0 Å². The van der Waals surface area contributed by atoms with Gasteiger partial charge in [0.25, 0.3) is 5.91 Å². The Hall–Kier alpha value is -2.17. The highest BCUT2D eigenvalue weighted by Gasteiger charge is 2.41. The van der Waals surface area contributed by atoms with Crippen LogP contribution in [0.4, 0.5) is 5.69 Å². The Morgan fingerprint density at radius 3 is 2.42 bits per heavy atom. The minimum absolute atomic E-state index is 0.125. The molecule has 1 aliphatic rings. The molecule has 124 valence electrons. The summed E-state index contributed by atoms with van der Waals surface area (Å²) in [6.07, 6.45) is 1.09. The maximum Gasteiger partial charge on any atom is 0.292 e. The largest absolute Gasteiger partial charge is 0.335 e. The number of carbonyl (C=O) groups is 2. The number of quaternary nitrogens is 1. The van der Waals surface area contributed by atoms with Gasteiger partial charge in [-0.05, 0) is 36.8 Å². The number of amides is 2. The number of nitrogens with two attached hydrogens (primary N) is 1. The summed E-state index contributed by atoms with van der Waals surface area (Å²) in [6.45, 7) is 2.73. The van der Waals surface area contributed by atoms with Crippen LogP contribution in [0.25, 0.3) is 0 Å². The van der Waals surface area contributed by atoms with E-state index < -0.39 is 0 Å². The van der Waals surface area contributed by atoms with Gasteiger partial charge in [0, 0.05) is 11.4 Å². The second-order valence-electron chi connectivity index (χ2n) is 6.11. The molecule has 2 aromatic rings. The van der Waals surface area contributed by atoms with Gasteiger partial charge < -0.3 is 5.32 Å². The maximum atomic E-state index is 12.5. The molecule has 0 radical (unpaired) electrons. The topological polar surface area (TPSA) is 54.0 Å². The highest BCUT2D eigenvalue weighted by molar-refractivity contribution is 6.30. The third-order valence-corrected chi connectivity index (χ3v) is 4.52. The predicted octanol–water partition coefficient (Wildman–Crippen LogP) is 2.09. The Morgan fingerprint density at radius 2 is 1.75 bits per heavy atom. The minimum atomic E-state index is -0.328. The average molecular weight is 344 g/mol. The highest BCUT2D eigenvalue weighted by atomic mass is 35.5. The van der Waals surface area contributed by atoms with Crippen molar-refractivity contribution in [1.82, 2.24) is 0 Å². The summed E-state index contributed by atoms with van der Waals surface area (Å²) in [6, 6.07) is 14.8. The third-order valence-electron chi connectivity index (χ3n) is 4.27. The Kier molecular flexibility index (Phi) is 4.97. The Balaban J connectivity index is 1.59. The molecule has 1 aliphatic heterocycles. The molecular formula is C19H20ClN2O2+. The molecule has 3 rings (SSSR count). The second-order valence-corrected chi connectivity index (χ2v) is 6.55. The van der Waals surface area contributed by atoms with Crippen LogP contribution in [0.15, 0.2) is 48.5 Å². The highest BCUT2D eigenvalue weighted by Crippen LogP contribution is 2.21. The normalized spacial score (nSPS) is 17.6. The van der Waals surface area contributed by atoms with Crippen molar-refractivity contribution >= 4 is 29.1 Å². The van der Waals surface area contributed by atoms with Crippen molar-refractivity contribution in [2.75, 3.05) is 11.4 Å². The summed E-state index contributed by atoms with van der Waals surface area (Å²) < 4.78 is 0. The monoisotopic (exact) mass is 343 g/mol. The zero-order valence-electron chi connectivity index (χ0n) is 13.5. The number of anilines is 1. The van der Waals surface area contributed by atoms with Crippen LogP contribution in [0.5, 0.6) is 0 Å². The van der Waals surface area contributed by atoms with Gasteiger partial charge in [0.1, 0.15) is 0 Å². The number of rotatable bonds is 5. The van der Waals surface area contributed by atoms with E-state index in [9.17, 15) is 9.59 Å². The number of halogens is 1. The summed E-state index contributed by atoms with van der Waals surface area (Å²) in [5.41, 5.74) is 2.93. The Morgan fingerprint density at radius 1 is 1.08 bits per heavy atom. The zero-order valence-corrected chi connectivity index (χ0v) is 14.3. The standard InChI is InChI=1S/C19H19ClN2O2/c1-13-2-8-16(9-3-13)22-18(23)12-17(19(22)24)21-11-10-14-4-6-15(20)7-5-14/h2-9,17,21H,10-12H2,1H3/p+1. The Bertz CT molecular complexity index is 741. The smallest absolute Gasteiger partial charge is 0.292 e. The molecule has 2 amide bonds. The lowest BCUT2D eigenvalue weighted by Crippen LogP contribution is -2.92. The molecule has 1 atom stereocenters. The summed E-state index contributed by atoms with van der Waals surface area (Å²) in [7, 11) is 0. The first kappa shape index (κ1) is 16.7. The van der Waals surface area contributed by atoms with Crippen molar-refractivity contribution in [2.45, 2.75) is 25.8 Å². The van der Waals surface area contributed by atoms with Gasteiger partial charge in [0.2, 0.25) is 5.91 Å². The summed E-state index contributed by atoms with van der Waals surface area (Å²) >= 11 is 5.87. The molecule has 5 heteroatoms. The molecule has 1 heterocycles. The van der Waals surface area contributed by atoms with Crippen molar-refractivity contribution in [3.8, 4) is 0 Å². The SMILES string of the molecule is Cc1ccc(N2C(=O)CC([NH2+]CCc3ccc(Cl)cc3)C2=O)cc1. The summed E-state index contributed by atoms with van der Waals surface area (Å²) in [5.74, 6) is -0.253. The molecule has 1 saturated heterocycles. The fourth-order valence-corrected chi connectivity index (χ4v) is 3.03. The van der Waals surface area contributed by atoms with E-state index in [4.69, 9.17) is 11.6 Å². The number of benzene rings is 2. The van der Waals surface area contributed by atoms with E-state index in [0.29, 0.717) is 10.7 Å². The lowest BCUT2D eigenvalue weighted by molar-refractivity contribution is -0.674. The first-order valence-electron chi connectivity index (χ1n) is 8.06. The van der Waals surface area contributed by atoms with Crippen molar-refractivity contribution < 1.29 is 14.9 Å². The quantitative estimate of drug-likeness (QED) is 0.845. The van der Waals surface area contributed by atoms with Crippen LogP contribution in [0.1, 0.15) is 17.5 Å². The van der Waals surface area contributed by atoms with Gasteiger partial charge in [0.15, 0.2) is 6.04 Å². The van der Waals surface area contributed by atoms with Crippen molar-refractivity contribution in [3.05, 3.63) is 64.7 Å². The predicted molar refractivity (Wildman–Crippen MR) is 94.0 cm³/mol. The van der Waals surface area contributed by atoms with Crippen LogP contribution in [-0.2, 0) is 16.0 Å². The zero-order chi connectivity index (χ0) is 17.1. The summed E-state index contributed by atoms with van der Waals surface area (Å²) in [5, 5.41) is 2.68. The fourth-order valence-electron chi connectivity index (χ4n) is 2.91. The third kappa shape index (κ3) is 3.66. The number of hydrogen-bond acceptors (Lipinski definition) is 2. The van der Waals surface area contributed by atoms with E-state index in [1.807, 2.05) is 60.8 Å². The minimum Gasteiger partial charge on any atom is -0.335 e. The average Bonchev–Trinajstić information content (AvgIpc) is 2.85. The maximum absolute atomic E-state index is 12.5. The van der Waals surface area contributed by atoms with Crippen molar-refractivity contribution in [1.29, 1.82) is 0 Å². The van der Waals surface area contributed by atoms with Crippen LogP contribution in [-0.4, -0.2) is 24.4 Å². The molecule has 0 aliphatic carbocycles. The first-order valence-corrected chi connectivity index (χ1v) is 8.43. The van der Waals surface area contributed by atoms with Gasteiger partial charge in [-0.25, -0.2) is 4.90 Å². The van der Waals surface area contributed by atoms with E-state index in [2.05, 4.69) is 0 Å². The molecule has 0 saturated carbocycles. The Labute approximate surface area is 146 Å². The fraction of sp³-hybridized carbons (Fsp3) is 0.263. The van der Waals surface area contributed by atoms with Gasteiger partial charge in [-0.15, -0.1) is 0 Å². The van der Waals surface area contributed by atoms with E-state index in [0.717, 1.165) is 18.5 Å². The molecule has 4 nitrogen and oxygen atoms in total. The molecule has 1 unspecified atom stereocenters. The molecule has 2 aromatic carbocycles. The molecule has 1 fully saturated rings. The molecule has 0 spiro atoms. The first-order chi connectivity index (χ1) is 11.5. The molecule has 0 bridgehead atoms. The van der Waals surface area contributed by atoms with Gasteiger partial charge in [0.05, 0.1) is 18.7 Å². The summed E-state index contributed by atoms with van der Waals surface area (Å²) in [4.78, 5) is 26.1. The van der Waals surface area contributed by atoms with Crippen LogP contribution in [0, 0.1) is 6.92 Å². The van der Waals surface area contributed by atoms with Crippen molar-refractivity contribution in [2.24, 2.45) is 0 Å². The van der Waals surface area contributed by atoms with Gasteiger partial charge in [-0.2, -0.15) is 0 Å². The van der Waals surface area contributed by atoms with Gasteiger partial charge in [-0.3, -0.25) is 9.59 Å². The second kappa shape index (κ2) is 7.16. The molecular weight excluding hydrogens is 324 g/mol. The van der Waals surface area contributed by atoms with Crippen LogP contribution in [0.3, 0.4) is 0 Å². The number of imide groups is 1. The molecule has 2 N–H and O–H groups in total. The van der Waals surface area contributed by atoms with Crippen LogP contribution >= 0.6 is 11.6 Å². The van der Waals surface area contributed by atoms with Crippen LogP contribution in [0.2, 0.25) is 5.02 Å². The van der Waals surface area contributed by atoms with E-state index in [-0.39, 0.29) is 24.3 Å². The molecule has 0 aromatic heterocycles. The number of aryl methyl sites for hydroxylation is 1. The van der Waals surface area contributed by atoms with Crippen molar-refractivity contribution in [3.63, 3.8) is 0 Å². The lowest BCUT2D eigenvalue weighted by Gasteiger charge is -2.14. The number of hydrogen-bond donors (Lipinski definition) is 1. The number of nitrogens with zero attached hydrogens (tertiary/aromatic N) is 1.